The van der Waals surface area contributed by atoms with Gasteiger partial charge in [0.15, 0.2) is 5.54 Å². The first-order valence-corrected chi connectivity index (χ1v) is 10.4. The number of amidine groups is 1. The summed E-state index contributed by atoms with van der Waals surface area (Å²) in [4.78, 5) is 20.0. The molecule has 2 aliphatic rings. The molecule has 2 aliphatic heterocycles. The Balaban J connectivity index is 1.64. The fourth-order valence-electron chi connectivity index (χ4n) is 4.24. The second-order valence-corrected chi connectivity index (χ2v) is 7.73. The fraction of sp³-hybridized carbons (Fsp3) is 0.200. The summed E-state index contributed by atoms with van der Waals surface area (Å²) in [6.45, 7) is 1.06. The topological polar surface area (TPSA) is 78.4 Å². The molecule has 1 N–H and O–H groups in total. The predicted octanol–water partition coefficient (Wildman–Crippen LogP) is 3.74. The zero-order valence-electron chi connectivity index (χ0n) is 17.8. The Morgan fingerprint density at radius 3 is 2.82 bits per heavy atom. The van der Waals surface area contributed by atoms with E-state index in [1.807, 2.05) is 36.4 Å². The number of carbonyl (C=O) groups is 1. The standard InChI is InChI=1S/C25H21FN2O5/c1-30-20-6-7-22(26)21(13-20)16-3-2-4-18(11-16)25(14-32-24(27-25)28-33-15-29)19-5-8-23-17(12-19)9-10-31-23/h2-8,11-13,15H,9-10,14H2,1H3,(H,27,28). The van der Waals surface area contributed by atoms with Crippen molar-refractivity contribution in [2.45, 2.75) is 12.0 Å². The van der Waals surface area contributed by atoms with E-state index < -0.39 is 5.54 Å². The predicted molar refractivity (Wildman–Crippen MR) is 118 cm³/mol. The number of methoxy groups -OCH3 is 1. The average Bonchev–Trinajstić information content (AvgIpc) is 3.50. The monoisotopic (exact) mass is 448 g/mol. The molecule has 3 aromatic rings. The summed E-state index contributed by atoms with van der Waals surface area (Å²) in [5.74, 6) is 1.06. The van der Waals surface area contributed by atoms with Gasteiger partial charge in [-0.15, -0.1) is 0 Å². The van der Waals surface area contributed by atoms with Crippen molar-refractivity contribution in [2.75, 3.05) is 20.3 Å². The van der Waals surface area contributed by atoms with Crippen LogP contribution in [0.5, 0.6) is 11.5 Å². The van der Waals surface area contributed by atoms with Gasteiger partial charge in [0.1, 0.15) is 23.9 Å². The van der Waals surface area contributed by atoms with Crippen molar-refractivity contribution in [1.82, 2.24) is 5.48 Å². The first-order valence-electron chi connectivity index (χ1n) is 10.4. The smallest absolute Gasteiger partial charge is 0.320 e. The third-order valence-corrected chi connectivity index (χ3v) is 5.90. The number of carbonyl (C=O) groups excluding carboxylic acids is 1. The Bertz CT molecular complexity index is 1250. The van der Waals surface area contributed by atoms with Crippen LogP contribution in [0.15, 0.2) is 65.7 Å². The van der Waals surface area contributed by atoms with E-state index in [9.17, 15) is 9.18 Å². The van der Waals surface area contributed by atoms with Gasteiger partial charge in [0, 0.05) is 12.0 Å². The van der Waals surface area contributed by atoms with E-state index in [4.69, 9.17) is 19.2 Å². The van der Waals surface area contributed by atoms with E-state index >= 15 is 0 Å². The van der Waals surface area contributed by atoms with Crippen LogP contribution < -0.4 is 15.0 Å². The molecule has 0 saturated heterocycles. The molecule has 1 unspecified atom stereocenters. The molecule has 168 valence electrons. The highest BCUT2D eigenvalue weighted by molar-refractivity contribution is 5.77. The highest BCUT2D eigenvalue weighted by Gasteiger charge is 2.41. The molecule has 0 spiro atoms. The second kappa shape index (κ2) is 8.46. The number of benzene rings is 3. The van der Waals surface area contributed by atoms with Crippen molar-refractivity contribution < 1.29 is 28.2 Å². The van der Waals surface area contributed by atoms with Crippen molar-refractivity contribution >= 4 is 12.5 Å². The normalized spacial score (nSPS) is 18.5. The fourth-order valence-corrected chi connectivity index (χ4v) is 4.24. The molecule has 5 rings (SSSR count). The summed E-state index contributed by atoms with van der Waals surface area (Å²) in [5, 5.41) is 0. The number of ether oxygens (including phenoxy) is 3. The van der Waals surface area contributed by atoms with Gasteiger partial charge in [0.2, 0.25) is 0 Å². The van der Waals surface area contributed by atoms with E-state index in [2.05, 4.69) is 16.4 Å². The van der Waals surface area contributed by atoms with Crippen molar-refractivity contribution in [3.8, 4) is 22.6 Å². The Kier molecular flexibility index (Phi) is 5.34. The quantitative estimate of drug-likeness (QED) is 0.457. The molecule has 1 atom stereocenters. The molecule has 33 heavy (non-hydrogen) atoms. The molecular weight excluding hydrogens is 427 g/mol. The Hall–Kier alpha value is -4.07. The number of fused-ring (bicyclic) bond motifs is 1. The minimum absolute atomic E-state index is 0.0804. The molecule has 0 aromatic heterocycles. The molecule has 3 aromatic carbocycles. The van der Waals surface area contributed by atoms with Crippen LogP contribution in [0.3, 0.4) is 0 Å². The number of hydrogen-bond donors (Lipinski definition) is 1. The lowest BCUT2D eigenvalue weighted by atomic mass is 9.82. The highest BCUT2D eigenvalue weighted by Crippen LogP contribution is 2.41. The molecule has 0 amide bonds. The maximum atomic E-state index is 14.7. The van der Waals surface area contributed by atoms with Gasteiger partial charge in [-0.3, -0.25) is 4.79 Å². The molecule has 8 heteroatoms. The Morgan fingerprint density at radius 2 is 1.97 bits per heavy atom. The number of hydroxylamine groups is 1. The molecule has 7 nitrogen and oxygen atoms in total. The molecular formula is C25H21FN2O5. The van der Waals surface area contributed by atoms with Gasteiger partial charge in [-0.2, -0.15) is 5.48 Å². The summed E-state index contributed by atoms with van der Waals surface area (Å²) in [6, 6.07) is 18.1. The minimum Gasteiger partial charge on any atom is -0.497 e. The molecule has 2 heterocycles. The highest BCUT2D eigenvalue weighted by atomic mass is 19.1. The first kappa shape index (κ1) is 20.8. The van der Waals surface area contributed by atoms with Crippen LogP contribution in [-0.2, 0) is 26.3 Å². The van der Waals surface area contributed by atoms with Gasteiger partial charge < -0.3 is 19.0 Å². The lowest BCUT2D eigenvalue weighted by Crippen LogP contribution is -2.27. The van der Waals surface area contributed by atoms with E-state index in [0.29, 0.717) is 23.5 Å². The molecule has 0 fully saturated rings. The van der Waals surface area contributed by atoms with Gasteiger partial charge in [-0.1, -0.05) is 24.3 Å². The number of nitrogens with one attached hydrogen (secondary N) is 1. The summed E-state index contributed by atoms with van der Waals surface area (Å²) in [7, 11) is 1.54. The van der Waals surface area contributed by atoms with Crippen LogP contribution in [0.4, 0.5) is 4.39 Å². The lowest BCUT2D eigenvalue weighted by molar-refractivity contribution is -0.132. The zero-order chi connectivity index (χ0) is 22.8. The third-order valence-electron chi connectivity index (χ3n) is 5.90. The van der Waals surface area contributed by atoms with Crippen molar-refractivity contribution in [1.29, 1.82) is 0 Å². The van der Waals surface area contributed by atoms with Gasteiger partial charge in [-0.05, 0) is 58.7 Å². The van der Waals surface area contributed by atoms with Crippen LogP contribution in [0.25, 0.3) is 11.1 Å². The SMILES string of the molecule is COc1ccc(F)c(-c2cccc(C3(c4ccc5c(c4)CCO5)COC(NOC=O)=N3)c2)c1. The van der Waals surface area contributed by atoms with Crippen LogP contribution in [-0.4, -0.2) is 32.8 Å². The van der Waals surface area contributed by atoms with Crippen molar-refractivity contribution in [2.24, 2.45) is 4.99 Å². The van der Waals surface area contributed by atoms with Gasteiger partial charge in [0.05, 0.1) is 13.7 Å². The number of nitrogens with zero attached hydrogens (tertiary/aromatic N) is 1. The van der Waals surface area contributed by atoms with Crippen LogP contribution in [0.2, 0.25) is 0 Å². The lowest BCUT2D eigenvalue weighted by Gasteiger charge is -2.26. The van der Waals surface area contributed by atoms with Gasteiger partial charge in [-0.25, -0.2) is 9.38 Å². The minimum atomic E-state index is -0.933. The summed E-state index contributed by atoms with van der Waals surface area (Å²) in [5.41, 5.74) is 5.33. The third kappa shape index (κ3) is 3.73. The summed E-state index contributed by atoms with van der Waals surface area (Å²) >= 11 is 0. The molecule has 0 saturated carbocycles. The van der Waals surface area contributed by atoms with E-state index in [-0.39, 0.29) is 24.9 Å². The van der Waals surface area contributed by atoms with E-state index in [1.54, 1.807) is 19.2 Å². The van der Waals surface area contributed by atoms with E-state index in [1.165, 1.54) is 6.07 Å². The van der Waals surface area contributed by atoms with Crippen LogP contribution >= 0.6 is 0 Å². The van der Waals surface area contributed by atoms with Crippen LogP contribution in [0, 0.1) is 5.82 Å². The van der Waals surface area contributed by atoms with Crippen molar-refractivity contribution in [3.05, 3.63) is 83.2 Å². The van der Waals surface area contributed by atoms with Crippen molar-refractivity contribution in [3.63, 3.8) is 0 Å². The molecule has 0 aliphatic carbocycles. The maximum absolute atomic E-state index is 14.7. The summed E-state index contributed by atoms with van der Waals surface area (Å²) in [6.07, 6.45) is 0.804. The van der Waals surface area contributed by atoms with Gasteiger partial charge >= 0.3 is 12.5 Å². The summed E-state index contributed by atoms with van der Waals surface area (Å²) < 4.78 is 31.3. The number of rotatable bonds is 6. The van der Waals surface area contributed by atoms with E-state index in [0.717, 1.165) is 28.9 Å². The number of hydrogen-bond acceptors (Lipinski definition) is 7. The maximum Gasteiger partial charge on any atom is 0.320 e. The second-order valence-electron chi connectivity index (χ2n) is 7.73. The average molecular weight is 448 g/mol. The Morgan fingerprint density at radius 1 is 1.09 bits per heavy atom. The number of aliphatic imine (C=N–C) groups is 1. The zero-order valence-corrected chi connectivity index (χ0v) is 17.8. The largest absolute Gasteiger partial charge is 0.497 e. The number of halogens is 1. The molecule has 0 bridgehead atoms. The Labute approximate surface area is 189 Å². The molecule has 0 radical (unpaired) electrons. The first-order chi connectivity index (χ1) is 16.1. The van der Waals surface area contributed by atoms with Crippen LogP contribution in [0.1, 0.15) is 16.7 Å². The van der Waals surface area contributed by atoms with Gasteiger partial charge in [0.25, 0.3) is 0 Å².